The van der Waals surface area contributed by atoms with Crippen molar-refractivity contribution in [3.05, 3.63) is 35.5 Å². The normalized spacial score (nSPS) is 15.4. The maximum atomic E-state index is 5.98. The summed E-state index contributed by atoms with van der Waals surface area (Å²) in [5.74, 6) is 1.34. The number of hydrogen-bond acceptors (Lipinski definition) is 3. The number of rotatable bonds is 5. The van der Waals surface area contributed by atoms with Gasteiger partial charge in [-0.1, -0.05) is 13.8 Å². The molecule has 0 amide bonds. The average molecular weight is 285 g/mol. The molecule has 0 unspecified atom stereocenters. The highest BCUT2D eigenvalue weighted by atomic mass is 16.5. The fourth-order valence-corrected chi connectivity index (χ4v) is 2.80. The minimum absolute atomic E-state index is 0.430. The first kappa shape index (κ1) is 14.3. The van der Waals surface area contributed by atoms with Crippen LogP contribution in [0.2, 0.25) is 0 Å². The lowest BCUT2D eigenvalue weighted by molar-refractivity contribution is -0.00828. The summed E-state index contributed by atoms with van der Waals surface area (Å²) in [5.41, 5.74) is 3.48. The fourth-order valence-electron chi connectivity index (χ4n) is 2.80. The SMILES string of the molecule is COc1cc(COC2CCC2)c2nccc(C(C)C)c2c1. The van der Waals surface area contributed by atoms with Gasteiger partial charge in [-0.25, -0.2) is 0 Å². The van der Waals surface area contributed by atoms with E-state index in [2.05, 4.69) is 37.0 Å². The Morgan fingerprint density at radius 2 is 2.10 bits per heavy atom. The van der Waals surface area contributed by atoms with Crippen molar-refractivity contribution >= 4 is 10.9 Å². The van der Waals surface area contributed by atoms with Gasteiger partial charge in [0.2, 0.25) is 0 Å². The zero-order valence-electron chi connectivity index (χ0n) is 13.1. The van der Waals surface area contributed by atoms with Crippen molar-refractivity contribution in [1.29, 1.82) is 0 Å². The highest BCUT2D eigenvalue weighted by Gasteiger charge is 2.19. The molecule has 0 saturated heterocycles. The fraction of sp³-hybridized carbons (Fsp3) is 0.500. The Hall–Kier alpha value is -1.61. The molecule has 1 aliphatic rings. The lowest BCUT2D eigenvalue weighted by Crippen LogP contribution is -2.21. The van der Waals surface area contributed by atoms with Crippen LogP contribution in [0.4, 0.5) is 0 Å². The predicted octanol–water partition coefficient (Wildman–Crippen LogP) is 4.44. The molecule has 1 aliphatic carbocycles. The number of aromatic nitrogens is 1. The summed E-state index contributed by atoms with van der Waals surface area (Å²) in [5, 5.41) is 1.18. The zero-order chi connectivity index (χ0) is 14.8. The summed E-state index contributed by atoms with van der Waals surface area (Å²) in [7, 11) is 1.71. The first-order valence-electron chi connectivity index (χ1n) is 7.76. The molecule has 0 N–H and O–H groups in total. The van der Waals surface area contributed by atoms with Gasteiger partial charge in [-0.3, -0.25) is 4.98 Å². The van der Waals surface area contributed by atoms with E-state index in [4.69, 9.17) is 9.47 Å². The standard InChI is InChI=1S/C18H23NO2/c1-12(2)16-7-8-19-18-13(11-21-14-5-4-6-14)9-15(20-3)10-17(16)18/h7-10,12,14H,4-6,11H2,1-3H3. The van der Waals surface area contributed by atoms with Gasteiger partial charge in [0.25, 0.3) is 0 Å². The summed E-state index contributed by atoms with van der Waals surface area (Å²) >= 11 is 0. The summed E-state index contributed by atoms with van der Waals surface area (Å²) in [4.78, 5) is 4.59. The minimum Gasteiger partial charge on any atom is -0.497 e. The topological polar surface area (TPSA) is 31.4 Å². The van der Waals surface area contributed by atoms with Crippen LogP contribution in [-0.2, 0) is 11.3 Å². The summed E-state index contributed by atoms with van der Waals surface area (Å²) in [6, 6.07) is 6.24. The number of hydrogen-bond donors (Lipinski definition) is 0. The van der Waals surface area contributed by atoms with Gasteiger partial charge in [0.1, 0.15) is 5.75 Å². The van der Waals surface area contributed by atoms with Gasteiger partial charge in [-0.2, -0.15) is 0 Å². The molecule has 1 aromatic carbocycles. The van der Waals surface area contributed by atoms with Crippen molar-refractivity contribution in [2.45, 2.75) is 51.7 Å². The Morgan fingerprint density at radius 3 is 2.71 bits per heavy atom. The van der Waals surface area contributed by atoms with E-state index in [-0.39, 0.29) is 0 Å². The molecule has 3 heteroatoms. The third-order valence-electron chi connectivity index (χ3n) is 4.32. The van der Waals surface area contributed by atoms with E-state index in [1.54, 1.807) is 7.11 Å². The van der Waals surface area contributed by atoms with Crippen LogP contribution in [0, 0.1) is 0 Å². The van der Waals surface area contributed by atoms with Gasteiger partial charge in [-0.15, -0.1) is 0 Å². The number of ether oxygens (including phenoxy) is 2. The average Bonchev–Trinajstić information content (AvgIpc) is 2.44. The van der Waals surface area contributed by atoms with Gasteiger partial charge >= 0.3 is 0 Å². The molecular weight excluding hydrogens is 262 g/mol. The molecule has 2 aromatic rings. The van der Waals surface area contributed by atoms with Crippen LogP contribution in [-0.4, -0.2) is 18.2 Å². The first-order chi connectivity index (χ1) is 10.2. The predicted molar refractivity (Wildman–Crippen MR) is 84.8 cm³/mol. The summed E-state index contributed by atoms with van der Waals surface area (Å²) < 4.78 is 11.4. The van der Waals surface area contributed by atoms with Crippen LogP contribution in [0.25, 0.3) is 10.9 Å². The van der Waals surface area contributed by atoms with Crippen molar-refractivity contribution in [2.75, 3.05) is 7.11 Å². The number of nitrogens with zero attached hydrogens (tertiary/aromatic N) is 1. The second-order valence-electron chi connectivity index (χ2n) is 6.10. The van der Waals surface area contributed by atoms with E-state index >= 15 is 0 Å². The molecule has 1 heterocycles. The van der Waals surface area contributed by atoms with E-state index in [0.29, 0.717) is 18.6 Å². The molecule has 3 rings (SSSR count). The third-order valence-corrected chi connectivity index (χ3v) is 4.32. The first-order valence-corrected chi connectivity index (χ1v) is 7.76. The van der Waals surface area contributed by atoms with Crippen LogP contribution in [0.5, 0.6) is 5.75 Å². The van der Waals surface area contributed by atoms with Gasteiger partial charge in [0.15, 0.2) is 0 Å². The van der Waals surface area contributed by atoms with E-state index in [1.165, 1.54) is 30.2 Å². The van der Waals surface area contributed by atoms with Gasteiger partial charge in [-0.05, 0) is 48.9 Å². The maximum Gasteiger partial charge on any atom is 0.119 e. The molecule has 112 valence electrons. The highest BCUT2D eigenvalue weighted by Crippen LogP contribution is 2.31. The minimum atomic E-state index is 0.430. The van der Waals surface area contributed by atoms with E-state index in [0.717, 1.165) is 16.8 Å². The van der Waals surface area contributed by atoms with Crippen LogP contribution >= 0.6 is 0 Å². The van der Waals surface area contributed by atoms with Crippen molar-refractivity contribution in [3.63, 3.8) is 0 Å². The monoisotopic (exact) mass is 285 g/mol. The third kappa shape index (κ3) is 2.88. The molecule has 0 spiro atoms. The zero-order valence-corrected chi connectivity index (χ0v) is 13.1. The molecular formula is C18H23NO2. The number of methoxy groups -OCH3 is 1. The molecule has 0 aliphatic heterocycles. The maximum absolute atomic E-state index is 5.98. The molecule has 0 radical (unpaired) electrons. The molecule has 1 fully saturated rings. The van der Waals surface area contributed by atoms with Crippen LogP contribution in [0.3, 0.4) is 0 Å². The Kier molecular flexibility index (Phi) is 4.11. The lowest BCUT2D eigenvalue weighted by Gasteiger charge is -2.26. The molecule has 1 aromatic heterocycles. The highest BCUT2D eigenvalue weighted by molar-refractivity contribution is 5.86. The molecule has 1 saturated carbocycles. The molecule has 0 atom stereocenters. The van der Waals surface area contributed by atoms with Crippen molar-refractivity contribution in [3.8, 4) is 5.75 Å². The van der Waals surface area contributed by atoms with Crippen LogP contribution in [0.1, 0.15) is 50.2 Å². The molecule has 0 bridgehead atoms. The van der Waals surface area contributed by atoms with Crippen molar-refractivity contribution < 1.29 is 9.47 Å². The van der Waals surface area contributed by atoms with Crippen LogP contribution < -0.4 is 4.74 Å². The van der Waals surface area contributed by atoms with Crippen LogP contribution in [0.15, 0.2) is 24.4 Å². The van der Waals surface area contributed by atoms with Crippen molar-refractivity contribution in [1.82, 2.24) is 4.98 Å². The summed E-state index contributed by atoms with van der Waals surface area (Å²) in [6.45, 7) is 5.03. The Morgan fingerprint density at radius 1 is 1.29 bits per heavy atom. The molecule has 21 heavy (non-hydrogen) atoms. The largest absolute Gasteiger partial charge is 0.497 e. The summed E-state index contributed by atoms with van der Waals surface area (Å²) in [6.07, 6.45) is 6.00. The van der Waals surface area contributed by atoms with E-state index in [1.807, 2.05) is 6.20 Å². The van der Waals surface area contributed by atoms with E-state index in [9.17, 15) is 0 Å². The Labute approximate surface area is 126 Å². The quantitative estimate of drug-likeness (QED) is 0.814. The second-order valence-corrected chi connectivity index (χ2v) is 6.10. The van der Waals surface area contributed by atoms with E-state index < -0.39 is 0 Å². The van der Waals surface area contributed by atoms with Gasteiger partial charge in [0, 0.05) is 17.1 Å². The Balaban J connectivity index is 2.02. The Bertz CT molecular complexity index is 632. The number of fused-ring (bicyclic) bond motifs is 1. The lowest BCUT2D eigenvalue weighted by atomic mass is 9.95. The molecule has 3 nitrogen and oxygen atoms in total. The van der Waals surface area contributed by atoms with Gasteiger partial charge in [0.05, 0.1) is 25.3 Å². The number of benzene rings is 1. The van der Waals surface area contributed by atoms with Gasteiger partial charge < -0.3 is 9.47 Å². The second kappa shape index (κ2) is 6.02. The number of pyridine rings is 1. The smallest absolute Gasteiger partial charge is 0.119 e. The van der Waals surface area contributed by atoms with Crippen molar-refractivity contribution in [2.24, 2.45) is 0 Å².